The Labute approximate surface area is 172 Å². The van der Waals surface area contributed by atoms with Gasteiger partial charge in [-0.25, -0.2) is 8.42 Å². The number of aliphatic hydroxyl groups excluding tert-OH is 1. The zero-order valence-electron chi connectivity index (χ0n) is 14.4. The molecule has 3 rings (SSSR count). The Bertz CT molecular complexity index is 943. The number of aryl methyl sites for hydroxylation is 1. The molecule has 0 spiro atoms. The Hall–Kier alpha value is -0.960. The molecule has 0 bridgehead atoms. The van der Waals surface area contributed by atoms with Gasteiger partial charge in [-0.15, -0.1) is 11.3 Å². The van der Waals surface area contributed by atoms with Gasteiger partial charge in [-0.05, 0) is 48.6 Å². The maximum atomic E-state index is 12.8. The number of carbonyl (C=O) groups excluding carboxylic acids is 1. The molecule has 2 heterocycles. The van der Waals surface area contributed by atoms with Gasteiger partial charge >= 0.3 is 0 Å². The second kappa shape index (κ2) is 8.59. The molecular weight excluding hydrogens is 429 g/mol. The number of hydrogen-bond donors (Lipinski definition) is 1. The molecule has 1 aromatic carbocycles. The molecule has 1 aliphatic heterocycles. The SMILES string of the molecule is O=C(CCc1ccc(CO)cc1Cl)[C@@H]1CCCN1S(=O)(=O)c1ccc(Cl)s1. The predicted molar refractivity (Wildman–Crippen MR) is 107 cm³/mol. The average Bonchev–Trinajstić information content (AvgIpc) is 3.30. The van der Waals surface area contributed by atoms with Crippen molar-refractivity contribution in [3.8, 4) is 0 Å². The lowest BCUT2D eigenvalue weighted by atomic mass is 10.0. The fourth-order valence-electron chi connectivity index (χ4n) is 3.22. The summed E-state index contributed by atoms with van der Waals surface area (Å²) < 4.78 is 27.5. The summed E-state index contributed by atoms with van der Waals surface area (Å²) in [7, 11) is -3.72. The number of Topliss-reactive ketones (excluding diaryl/α,β-unsaturated/α-hetero) is 1. The Morgan fingerprint density at radius 3 is 2.67 bits per heavy atom. The van der Waals surface area contributed by atoms with Crippen LogP contribution < -0.4 is 0 Å². The lowest BCUT2D eigenvalue weighted by Gasteiger charge is -2.22. The third-order valence-electron chi connectivity index (χ3n) is 4.63. The van der Waals surface area contributed by atoms with Crippen LogP contribution >= 0.6 is 34.5 Å². The summed E-state index contributed by atoms with van der Waals surface area (Å²) in [4.78, 5) is 12.7. The molecule has 1 N–H and O–H groups in total. The number of nitrogens with zero attached hydrogens (tertiary/aromatic N) is 1. The maximum absolute atomic E-state index is 12.8. The van der Waals surface area contributed by atoms with E-state index in [0.29, 0.717) is 40.7 Å². The Balaban J connectivity index is 1.70. The van der Waals surface area contributed by atoms with Crippen molar-refractivity contribution in [2.45, 2.75) is 42.5 Å². The van der Waals surface area contributed by atoms with Crippen LogP contribution in [0.15, 0.2) is 34.5 Å². The normalized spacial score (nSPS) is 18.1. The Morgan fingerprint density at radius 2 is 2.04 bits per heavy atom. The lowest BCUT2D eigenvalue weighted by Crippen LogP contribution is -2.40. The number of ketones is 1. The van der Waals surface area contributed by atoms with Crippen LogP contribution in [-0.2, 0) is 27.8 Å². The maximum Gasteiger partial charge on any atom is 0.253 e. The van der Waals surface area contributed by atoms with Crippen LogP contribution in [0.5, 0.6) is 0 Å². The number of thiophene rings is 1. The van der Waals surface area contributed by atoms with Gasteiger partial charge < -0.3 is 5.11 Å². The highest BCUT2D eigenvalue weighted by Gasteiger charge is 2.39. The van der Waals surface area contributed by atoms with E-state index >= 15 is 0 Å². The van der Waals surface area contributed by atoms with Crippen molar-refractivity contribution in [2.24, 2.45) is 0 Å². The molecule has 1 aliphatic rings. The molecule has 5 nitrogen and oxygen atoms in total. The molecule has 1 atom stereocenters. The first-order valence-corrected chi connectivity index (χ1v) is 11.5. The van der Waals surface area contributed by atoms with E-state index in [1.807, 2.05) is 0 Å². The van der Waals surface area contributed by atoms with Gasteiger partial charge in [0.05, 0.1) is 17.0 Å². The van der Waals surface area contributed by atoms with Crippen LogP contribution in [0.25, 0.3) is 0 Å². The van der Waals surface area contributed by atoms with Crippen LogP contribution in [0.4, 0.5) is 0 Å². The lowest BCUT2D eigenvalue weighted by molar-refractivity contribution is -0.122. The molecular formula is C18H19Cl2NO4S2. The molecule has 0 saturated carbocycles. The highest BCUT2D eigenvalue weighted by Crippen LogP contribution is 2.33. The van der Waals surface area contributed by atoms with Gasteiger partial charge in [0.15, 0.2) is 5.78 Å². The molecule has 27 heavy (non-hydrogen) atoms. The van der Waals surface area contributed by atoms with Crippen molar-refractivity contribution in [2.75, 3.05) is 6.54 Å². The number of hydrogen-bond acceptors (Lipinski definition) is 5. The van der Waals surface area contributed by atoms with Gasteiger partial charge in [0.1, 0.15) is 4.21 Å². The van der Waals surface area contributed by atoms with Crippen molar-refractivity contribution < 1.29 is 18.3 Å². The summed E-state index contributed by atoms with van der Waals surface area (Å²) in [5.41, 5.74) is 1.51. The first-order chi connectivity index (χ1) is 12.8. The summed E-state index contributed by atoms with van der Waals surface area (Å²) >= 11 is 13.1. The van der Waals surface area contributed by atoms with Crippen molar-refractivity contribution in [3.63, 3.8) is 0 Å². The van der Waals surface area contributed by atoms with E-state index < -0.39 is 16.1 Å². The Kier molecular flexibility index (Phi) is 6.61. The van der Waals surface area contributed by atoms with Gasteiger partial charge in [0, 0.05) is 18.0 Å². The summed E-state index contributed by atoms with van der Waals surface area (Å²) in [6.45, 7) is 0.237. The summed E-state index contributed by atoms with van der Waals surface area (Å²) in [5, 5.41) is 9.63. The molecule has 1 saturated heterocycles. The van der Waals surface area contributed by atoms with Crippen LogP contribution in [0.2, 0.25) is 9.36 Å². The molecule has 1 fully saturated rings. The number of aliphatic hydroxyl groups is 1. The fourth-order valence-corrected chi connectivity index (χ4v) is 6.81. The third kappa shape index (κ3) is 4.55. The summed E-state index contributed by atoms with van der Waals surface area (Å²) in [6.07, 6.45) is 1.81. The van der Waals surface area contributed by atoms with Gasteiger partial charge in [-0.3, -0.25) is 4.79 Å². The minimum atomic E-state index is -3.72. The molecule has 1 aromatic heterocycles. The summed E-state index contributed by atoms with van der Waals surface area (Å²) in [5.74, 6) is -0.110. The quantitative estimate of drug-likeness (QED) is 0.697. The van der Waals surface area contributed by atoms with E-state index in [2.05, 4.69) is 0 Å². The van der Waals surface area contributed by atoms with Gasteiger partial charge in [0.25, 0.3) is 10.0 Å². The first kappa shape index (κ1) is 20.8. The smallest absolute Gasteiger partial charge is 0.253 e. The summed E-state index contributed by atoms with van der Waals surface area (Å²) in [6, 6.07) is 7.60. The topological polar surface area (TPSA) is 74.7 Å². The highest BCUT2D eigenvalue weighted by atomic mass is 35.5. The largest absolute Gasteiger partial charge is 0.392 e. The standard InChI is InChI=1S/C18H19Cl2NO4S2/c19-14-10-12(11-22)3-4-13(14)5-6-16(23)15-2-1-9-21(15)27(24,25)18-8-7-17(20)26-18/h3-4,7-8,10,15,22H,1-2,5-6,9,11H2/t15-/m0/s1. The third-order valence-corrected chi connectivity index (χ3v) is 8.59. The number of rotatable bonds is 7. The molecule has 146 valence electrons. The van der Waals surface area contributed by atoms with Crippen LogP contribution in [0, 0.1) is 0 Å². The minimum absolute atomic E-state index is 0.0967. The van der Waals surface area contributed by atoms with E-state index in [0.717, 1.165) is 16.9 Å². The van der Waals surface area contributed by atoms with Gasteiger partial charge in [-0.1, -0.05) is 35.3 Å². The molecule has 2 aromatic rings. The van der Waals surface area contributed by atoms with Gasteiger partial charge in [-0.2, -0.15) is 4.31 Å². The van der Waals surface area contributed by atoms with Gasteiger partial charge in [0.2, 0.25) is 0 Å². The fraction of sp³-hybridized carbons (Fsp3) is 0.389. The Morgan fingerprint density at radius 1 is 1.26 bits per heavy atom. The predicted octanol–water partition coefficient (Wildman–Crippen LogP) is 3.90. The molecule has 0 unspecified atom stereocenters. The molecule has 0 radical (unpaired) electrons. The van der Waals surface area contributed by atoms with E-state index in [1.165, 1.54) is 10.4 Å². The average molecular weight is 448 g/mol. The van der Waals surface area contributed by atoms with E-state index in [1.54, 1.807) is 24.3 Å². The zero-order valence-corrected chi connectivity index (χ0v) is 17.5. The second-order valence-corrected chi connectivity index (χ2v) is 10.6. The van der Waals surface area contributed by atoms with Crippen molar-refractivity contribution in [1.29, 1.82) is 0 Å². The van der Waals surface area contributed by atoms with Crippen molar-refractivity contribution in [1.82, 2.24) is 4.31 Å². The first-order valence-electron chi connectivity index (χ1n) is 8.51. The number of sulfonamides is 1. The molecule has 0 aliphatic carbocycles. The number of benzene rings is 1. The van der Waals surface area contributed by atoms with Crippen LogP contribution in [-0.4, -0.2) is 36.2 Å². The number of carbonyl (C=O) groups is 1. The monoisotopic (exact) mass is 447 g/mol. The minimum Gasteiger partial charge on any atom is -0.392 e. The van der Waals surface area contributed by atoms with E-state index in [4.69, 9.17) is 28.3 Å². The van der Waals surface area contributed by atoms with Crippen LogP contribution in [0.1, 0.15) is 30.4 Å². The highest BCUT2D eigenvalue weighted by molar-refractivity contribution is 7.91. The molecule has 9 heteroatoms. The number of halogens is 2. The van der Waals surface area contributed by atoms with E-state index in [9.17, 15) is 13.2 Å². The zero-order chi connectivity index (χ0) is 19.6. The van der Waals surface area contributed by atoms with Crippen molar-refractivity contribution >= 4 is 50.3 Å². The second-order valence-electron chi connectivity index (χ2n) is 6.38. The van der Waals surface area contributed by atoms with Crippen molar-refractivity contribution in [3.05, 3.63) is 50.8 Å². The molecule has 0 amide bonds. The van der Waals surface area contributed by atoms with E-state index in [-0.39, 0.29) is 23.0 Å². The van der Waals surface area contributed by atoms with Crippen LogP contribution in [0.3, 0.4) is 0 Å².